The van der Waals surface area contributed by atoms with Crippen LogP contribution in [0.25, 0.3) is 0 Å². The predicted octanol–water partition coefficient (Wildman–Crippen LogP) is -3.85. The highest BCUT2D eigenvalue weighted by Gasteiger charge is 2.47. The molecule has 8 N–H and O–H groups in total. The summed E-state index contributed by atoms with van der Waals surface area (Å²) in [4.78, 5) is 59.9. The van der Waals surface area contributed by atoms with E-state index in [1.165, 1.54) is 13.8 Å². The fraction of sp³-hybridized carbons (Fsp3) is 0.762. The smallest absolute Gasteiger partial charge is 0.328 e. The summed E-state index contributed by atoms with van der Waals surface area (Å²) in [6.07, 6.45) is -7.31. The van der Waals surface area contributed by atoms with E-state index in [1.54, 1.807) is 6.92 Å². The molecule has 15 nitrogen and oxygen atoms in total. The van der Waals surface area contributed by atoms with Gasteiger partial charge in [0.15, 0.2) is 6.29 Å². The Kier molecular flexibility index (Phi) is 12.7. The number of aliphatic hydroxyl groups is 3. The van der Waals surface area contributed by atoms with Crippen molar-refractivity contribution >= 4 is 29.6 Å². The molecule has 15 heteroatoms. The number of ether oxygens (including phenoxy) is 3. The number of amides is 4. The second-order valence-electron chi connectivity index (χ2n) is 8.26. The summed E-state index contributed by atoms with van der Waals surface area (Å²) in [7, 11) is 0. The maximum Gasteiger partial charge on any atom is 0.328 e. The predicted molar refractivity (Wildman–Crippen MR) is 121 cm³/mol. The van der Waals surface area contributed by atoms with E-state index in [2.05, 4.69) is 16.0 Å². The molecular weight excluding hydrogens is 484 g/mol. The highest BCUT2D eigenvalue weighted by Crippen LogP contribution is 2.23. The van der Waals surface area contributed by atoms with Gasteiger partial charge in [-0.25, -0.2) is 4.79 Å². The molecule has 206 valence electrons. The van der Waals surface area contributed by atoms with E-state index < -0.39 is 85.0 Å². The van der Waals surface area contributed by atoms with Crippen LogP contribution in [0.1, 0.15) is 40.5 Å². The molecule has 4 amide bonds. The molecule has 1 aliphatic heterocycles. The van der Waals surface area contributed by atoms with Gasteiger partial charge in [-0.3, -0.25) is 19.2 Å². The Morgan fingerprint density at radius 2 is 1.72 bits per heavy atom. The van der Waals surface area contributed by atoms with Crippen molar-refractivity contribution in [3.63, 3.8) is 0 Å². The number of hydrogen-bond donors (Lipinski definition) is 7. The minimum absolute atomic E-state index is 0.0479. The Balaban J connectivity index is 2.83. The second-order valence-corrected chi connectivity index (χ2v) is 8.26. The number of carbonyl (C=O) groups excluding carboxylic acids is 5. The number of primary amides is 1. The Morgan fingerprint density at radius 1 is 1.08 bits per heavy atom. The number of hydrogen-bond acceptors (Lipinski definition) is 11. The van der Waals surface area contributed by atoms with Gasteiger partial charge in [-0.1, -0.05) is 0 Å². The minimum atomic E-state index is -1.64. The highest BCUT2D eigenvalue weighted by atomic mass is 16.6. The molecular formula is C21H36N4O11. The van der Waals surface area contributed by atoms with Crippen molar-refractivity contribution < 1.29 is 53.5 Å². The normalized spacial score (nSPS) is 26.1. The molecule has 1 saturated heterocycles. The van der Waals surface area contributed by atoms with Crippen LogP contribution in [0, 0.1) is 0 Å². The lowest BCUT2D eigenvalue weighted by molar-refractivity contribution is -0.266. The van der Waals surface area contributed by atoms with Gasteiger partial charge in [0.05, 0.1) is 13.2 Å². The molecule has 0 saturated carbocycles. The molecule has 1 fully saturated rings. The molecule has 1 rings (SSSR count). The molecule has 8 atom stereocenters. The third kappa shape index (κ3) is 9.31. The van der Waals surface area contributed by atoms with Crippen LogP contribution in [0.4, 0.5) is 0 Å². The van der Waals surface area contributed by atoms with Crippen LogP contribution >= 0.6 is 0 Å². The van der Waals surface area contributed by atoms with Crippen molar-refractivity contribution in [2.75, 3.05) is 13.2 Å². The van der Waals surface area contributed by atoms with E-state index in [1.807, 2.05) is 0 Å². The molecule has 0 aliphatic carbocycles. The zero-order valence-corrected chi connectivity index (χ0v) is 20.6. The molecule has 0 aromatic rings. The Labute approximate surface area is 208 Å². The zero-order chi connectivity index (χ0) is 27.6. The van der Waals surface area contributed by atoms with Crippen LogP contribution in [0.3, 0.4) is 0 Å². The zero-order valence-electron chi connectivity index (χ0n) is 20.6. The third-order valence-corrected chi connectivity index (χ3v) is 5.29. The number of esters is 1. The number of carbonyl (C=O) groups is 5. The first-order valence-corrected chi connectivity index (χ1v) is 11.4. The van der Waals surface area contributed by atoms with Crippen LogP contribution in [0.2, 0.25) is 0 Å². The first kappa shape index (κ1) is 31.2. The molecule has 0 aromatic heterocycles. The lowest BCUT2D eigenvalue weighted by atomic mass is 9.96. The van der Waals surface area contributed by atoms with Crippen molar-refractivity contribution in [2.24, 2.45) is 5.73 Å². The summed E-state index contributed by atoms with van der Waals surface area (Å²) in [5.41, 5.74) is 5.10. The molecule has 0 radical (unpaired) electrons. The van der Waals surface area contributed by atoms with Crippen molar-refractivity contribution in [2.45, 2.75) is 89.4 Å². The second kappa shape index (κ2) is 14.6. The summed E-state index contributed by atoms with van der Waals surface area (Å²) in [5.74, 6) is -3.56. The van der Waals surface area contributed by atoms with Crippen molar-refractivity contribution in [1.29, 1.82) is 0 Å². The minimum Gasteiger partial charge on any atom is -0.464 e. The van der Waals surface area contributed by atoms with Crippen molar-refractivity contribution in [3.8, 4) is 0 Å². The molecule has 0 aromatic carbocycles. The van der Waals surface area contributed by atoms with Gasteiger partial charge >= 0.3 is 5.97 Å². The highest BCUT2D eigenvalue weighted by molar-refractivity contribution is 5.91. The van der Waals surface area contributed by atoms with Crippen LogP contribution in [-0.4, -0.2) is 107 Å². The largest absolute Gasteiger partial charge is 0.464 e. The average molecular weight is 521 g/mol. The van der Waals surface area contributed by atoms with Gasteiger partial charge in [0, 0.05) is 13.3 Å². The third-order valence-electron chi connectivity index (χ3n) is 5.29. The van der Waals surface area contributed by atoms with Gasteiger partial charge in [0.2, 0.25) is 23.6 Å². The summed E-state index contributed by atoms with van der Waals surface area (Å²) in [6, 6.07) is -3.58. The van der Waals surface area contributed by atoms with E-state index >= 15 is 0 Å². The molecule has 1 aliphatic rings. The van der Waals surface area contributed by atoms with E-state index in [0.717, 1.165) is 6.92 Å². The van der Waals surface area contributed by atoms with Crippen LogP contribution in [0.15, 0.2) is 0 Å². The molecule has 5 unspecified atom stereocenters. The summed E-state index contributed by atoms with van der Waals surface area (Å²) in [5, 5.41) is 37.2. The maximum atomic E-state index is 12.7. The SMILES string of the molecule is CCOC(=O)[C@H](CCC(N)=O)NC(=O)[C@H](C)NC(=O)[C@@H](C)OC1C(O)C(CO)OC(O)C1NC(C)=O. The fourth-order valence-electron chi connectivity index (χ4n) is 3.40. The molecule has 0 bridgehead atoms. The number of rotatable bonds is 13. The number of nitrogens with two attached hydrogens (primary N) is 1. The Hall–Kier alpha value is -2.85. The van der Waals surface area contributed by atoms with E-state index in [9.17, 15) is 39.3 Å². The molecule has 1 heterocycles. The average Bonchev–Trinajstić information content (AvgIpc) is 2.80. The van der Waals surface area contributed by atoms with E-state index in [-0.39, 0.29) is 19.4 Å². The first-order valence-electron chi connectivity index (χ1n) is 11.4. The quantitative estimate of drug-likeness (QED) is 0.116. The molecule has 36 heavy (non-hydrogen) atoms. The summed E-state index contributed by atoms with van der Waals surface area (Å²) >= 11 is 0. The lowest BCUT2D eigenvalue weighted by Gasteiger charge is -2.43. The van der Waals surface area contributed by atoms with Gasteiger partial charge in [0.25, 0.3) is 0 Å². The van der Waals surface area contributed by atoms with Crippen LogP contribution in [-0.2, 0) is 38.2 Å². The lowest BCUT2D eigenvalue weighted by Crippen LogP contribution is -2.65. The van der Waals surface area contributed by atoms with Gasteiger partial charge in [-0.15, -0.1) is 0 Å². The summed E-state index contributed by atoms with van der Waals surface area (Å²) in [6.45, 7) is 4.76. The fourth-order valence-corrected chi connectivity index (χ4v) is 3.40. The van der Waals surface area contributed by atoms with E-state index in [4.69, 9.17) is 19.9 Å². The van der Waals surface area contributed by atoms with E-state index in [0.29, 0.717) is 0 Å². The monoisotopic (exact) mass is 520 g/mol. The van der Waals surface area contributed by atoms with Crippen molar-refractivity contribution in [1.82, 2.24) is 16.0 Å². The topological polar surface area (TPSA) is 236 Å². The Morgan fingerprint density at radius 3 is 2.25 bits per heavy atom. The summed E-state index contributed by atoms with van der Waals surface area (Å²) < 4.78 is 15.6. The van der Waals surface area contributed by atoms with Gasteiger partial charge < -0.3 is 51.2 Å². The van der Waals surface area contributed by atoms with Crippen molar-refractivity contribution in [3.05, 3.63) is 0 Å². The van der Waals surface area contributed by atoms with Crippen LogP contribution in [0.5, 0.6) is 0 Å². The van der Waals surface area contributed by atoms with Crippen LogP contribution < -0.4 is 21.7 Å². The number of aliphatic hydroxyl groups excluding tert-OH is 3. The Bertz CT molecular complexity index is 796. The van der Waals surface area contributed by atoms with Gasteiger partial charge in [-0.05, 0) is 27.2 Å². The maximum absolute atomic E-state index is 12.7. The van der Waals surface area contributed by atoms with Gasteiger partial charge in [0.1, 0.15) is 42.5 Å². The molecule has 0 spiro atoms. The number of nitrogens with one attached hydrogen (secondary N) is 3. The standard InChI is InChI=1S/C21H36N4O11/c1-5-34-20(32)12(6-7-14(22)28)25-18(30)9(2)23-19(31)10(3)35-17-15(24-11(4)27)21(33)36-13(8-26)16(17)29/h9-10,12-13,15-17,21,26,29,33H,5-8H2,1-4H3,(H2,22,28)(H,23,31)(H,24,27)(H,25,30)/t9-,10+,12-,13?,15?,16?,17?,21?/m0/s1. The first-order chi connectivity index (χ1) is 16.8. The van der Waals surface area contributed by atoms with Gasteiger partial charge in [-0.2, -0.15) is 0 Å².